The largest absolute Gasteiger partial charge is 0.468 e. The number of hydrogen-bond acceptors (Lipinski definition) is 2. The Morgan fingerprint density at radius 2 is 1.89 bits per heavy atom. The Kier molecular flexibility index (Phi) is 5.22. The maximum atomic E-state index is 5.49. The van der Waals surface area contributed by atoms with E-state index in [2.05, 4.69) is 49.5 Å². The predicted molar refractivity (Wildman–Crippen MR) is 79.1 cm³/mol. The van der Waals surface area contributed by atoms with Crippen molar-refractivity contribution in [3.63, 3.8) is 0 Å². The lowest BCUT2D eigenvalue weighted by Gasteiger charge is -2.20. The molecule has 0 aliphatic rings. The van der Waals surface area contributed by atoms with Crippen LogP contribution in [0, 0.1) is 0 Å². The molecule has 0 aliphatic heterocycles. The van der Waals surface area contributed by atoms with Crippen LogP contribution in [-0.2, 0) is 6.42 Å². The van der Waals surface area contributed by atoms with Crippen molar-refractivity contribution in [3.05, 3.63) is 60.1 Å². The minimum Gasteiger partial charge on any atom is -0.468 e. The predicted octanol–water partition coefficient (Wildman–Crippen LogP) is 4.34. The summed E-state index contributed by atoms with van der Waals surface area (Å²) in [6.45, 7) is 4.43. The van der Waals surface area contributed by atoms with Crippen LogP contribution >= 0.6 is 0 Å². The van der Waals surface area contributed by atoms with Crippen LogP contribution in [0.15, 0.2) is 53.1 Å². The first-order valence-corrected chi connectivity index (χ1v) is 7.13. The highest BCUT2D eigenvalue weighted by Crippen LogP contribution is 2.18. The number of hydrogen-bond donors (Lipinski definition) is 1. The zero-order chi connectivity index (χ0) is 13.5. The summed E-state index contributed by atoms with van der Waals surface area (Å²) in [6, 6.07) is 15.5. The van der Waals surface area contributed by atoms with E-state index in [0.717, 1.165) is 25.0 Å². The summed E-state index contributed by atoms with van der Waals surface area (Å²) in [4.78, 5) is 0. The summed E-state index contributed by atoms with van der Waals surface area (Å²) < 4.78 is 5.49. The van der Waals surface area contributed by atoms with Gasteiger partial charge in [0.05, 0.1) is 12.3 Å². The molecule has 2 rings (SSSR count). The molecule has 2 nitrogen and oxygen atoms in total. The summed E-state index contributed by atoms with van der Waals surface area (Å²) >= 11 is 0. The fourth-order valence-electron chi connectivity index (χ4n) is 2.35. The molecule has 0 aliphatic carbocycles. The zero-order valence-corrected chi connectivity index (χ0v) is 11.8. The van der Waals surface area contributed by atoms with Gasteiger partial charge in [0.25, 0.3) is 0 Å². The molecule has 1 N–H and O–H groups in total. The minimum absolute atomic E-state index is 0.320. The van der Waals surface area contributed by atoms with Crippen LogP contribution in [0.25, 0.3) is 0 Å². The molecule has 2 heteroatoms. The van der Waals surface area contributed by atoms with E-state index < -0.39 is 0 Å². The summed E-state index contributed by atoms with van der Waals surface area (Å²) in [5.41, 5.74) is 1.40. The summed E-state index contributed by atoms with van der Waals surface area (Å²) in [5.74, 6) is 1.04. The summed E-state index contributed by atoms with van der Waals surface area (Å²) in [6.07, 6.45) is 5.04. The minimum atomic E-state index is 0.320. The third kappa shape index (κ3) is 4.25. The molecule has 102 valence electrons. The quantitative estimate of drug-likeness (QED) is 0.798. The molecule has 0 radical (unpaired) electrons. The van der Waals surface area contributed by atoms with Crippen LogP contribution in [0.2, 0.25) is 0 Å². The first-order valence-electron chi connectivity index (χ1n) is 7.13. The van der Waals surface area contributed by atoms with Gasteiger partial charge in [0, 0.05) is 6.04 Å². The van der Waals surface area contributed by atoms with Crippen LogP contribution in [0.3, 0.4) is 0 Å². The van der Waals surface area contributed by atoms with Gasteiger partial charge in [0.1, 0.15) is 5.76 Å². The Labute approximate surface area is 115 Å². The van der Waals surface area contributed by atoms with Crippen LogP contribution in [0.4, 0.5) is 0 Å². The van der Waals surface area contributed by atoms with Crippen molar-refractivity contribution in [2.75, 3.05) is 0 Å². The first kappa shape index (κ1) is 13.9. The van der Waals surface area contributed by atoms with Crippen molar-refractivity contribution in [2.24, 2.45) is 0 Å². The van der Waals surface area contributed by atoms with E-state index in [-0.39, 0.29) is 0 Å². The topological polar surface area (TPSA) is 25.2 Å². The second-order valence-corrected chi connectivity index (χ2v) is 5.07. The molecule has 1 aromatic heterocycles. The second-order valence-electron chi connectivity index (χ2n) is 5.07. The Bertz CT molecular complexity index is 449. The van der Waals surface area contributed by atoms with Crippen LogP contribution in [0.5, 0.6) is 0 Å². The highest BCUT2D eigenvalue weighted by Gasteiger charge is 2.14. The number of nitrogens with one attached hydrogen (secondary N) is 1. The van der Waals surface area contributed by atoms with Gasteiger partial charge in [-0.2, -0.15) is 0 Å². The van der Waals surface area contributed by atoms with Gasteiger partial charge in [0.15, 0.2) is 0 Å². The SMILES string of the molecule is CCC(NC(C)CCc1ccccc1)c1ccco1. The normalized spacial score (nSPS) is 14.2. The highest BCUT2D eigenvalue weighted by atomic mass is 16.3. The average molecular weight is 257 g/mol. The van der Waals surface area contributed by atoms with Crippen molar-refractivity contribution >= 4 is 0 Å². The number of furan rings is 1. The lowest BCUT2D eigenvalue weighted by molar-refractivity contribution is 0.364. The number of aryl methyl sites for hydroxylation is 1. The van der Waals surface area contributed by atoms with E-state index >= 15 is 0 Å². The van der Waals surface area contributed by atoms with Gasteiger partial charge < -0.3 is 9.73 Å². The lowest BCUT2D eigenvalue weighted by atomic mass is 10.0. The average Bonchev–Trinajstić information content (AvgIpc) is 2.97. The van der Waals surface area contributed by atoms with Crippen molar-refractivity contribution in [2.45, 2.75) is 45.2 Å². The Hall–Kier alpha value is -1.54. The Balaban J connectivity index is 1.82. The van der Waals surface area contributed by atoms with E-state index in [0.29, 0.717) is 12.1 Å². The molecule has 0 fully saturated rings. The summed E-state index contributed by atoms with van der Waals surface area (Å²) in [5, 5.41) is 3.65. The maximum Gasteiger partial charge on any atom is 0.120 e. The molecule has 2 unspecified atom stereocenters. The molecular weight excluding hydrogens is 234 g/mol. The standard InChI is InChI=1S/C17H23NO/c1-3-16(17-10-7-13-19-17)18-14(2)11-12-15-8-5-4-6-9-15/h4-10,13-14,16,18H,3,11-12H2,1-2H3. The van der Waals surface area contributed by atoms with E-state index in [1.807, 2.05) is 12.1 Å². The molecule has 0 saturated carbocycles. The highest BCUT2D eigenvalue weighted by molar-refractivity contribution is 5.14. The van der Waals surface area contributed by atoms with Gasteiger partial charge in [0.2, 0.25) is 0 Å². The molecule has 0 amide bonds. The molecule has 0 saturated heterocycles. The molecule has 2 atom stereocenters. The number of rotatable bonds is 7. The first-order chi connectivity index (χ1) is 9.29. The summed E-state index contributed by atoms with van der Waals surface area (Å²) in [7, 11) is 0. The number of benzene rings is 1. The lowest BCUT2D eigenvalue weighted by Crippen LogP contribution is -2.30. The van der Waals surface area contributed by atoms with E-state index in [1.54, 1.807) is 6.26 Å². The Morgan fingerprint density at radius 1 is 1.11 bits per heavy atom. The van der Waals surface area contributed by atoms with Crippen molar-refractivity contribution in [1.29, 1.82) is 0 Å². The monoisotopic (exact) mass is 257 g/mol. The Morgan fingerprint density at radius 3 is 2.53 bits per heavy atom. The van der Waals surface area contributed by atoms with Gasteiger partial charge in [-0.1, -0.05) is 37.3 Å². The van der Waals surface area contributed by atoms with Crippen molar-refractivity contribution in [1.82, 2.24) is 5.32 Å². The molecule has 0 spiro atoms. The van der Waals surface area contributed by atoms with Gasteiger partial charge in [-0.3, -0.25) is 0 Å². The van der Waals surface area contributed by atoms with E-state index in [1.165, 1.54) is 5.56 Å². The van der Waals surface area contributed by atoms with Crippen molar-refractivity contribution in [3.8, 4) is 0 Å². The van der Waals surface area contributed by atoms with Gasteiger partial charge >= 0.3 is 0 Å². The van der Waals surface area contributed by atoms with Crippen LogP contribution in [-0.4, -0.2) is 6.04 Å². The smallest absolute Gasteiger partial charge is 0.120 e. The van der Waals surface area contributed by atoms with Crippen LogP contribution < -0.4 is 5.32 Å². The van der Waals surface area contributed by atoms with E-state index in [4.69, 9.17) is 4.42 Å². The molecule has 0 bridgehead atoms. The molecule has 1 aromatic carbocycles. The molecular formula is C17H23NO. The maximum absolute atomic E-state index is 5.49. The van der Waals surface area contributed by atoms with Crippen molar-refractivity contribution < 1.29 is 4.42 Å². The third-order valence-corrected chi connectivity index (χ3v) is 3.49. The van der Waals surface area contributed by atoms with E-state index in [9.17, 15) is 0 Å². The molecule has 1 heterocycles. The molecule has 2 aromatic rings. The fraction of sp³-hybridized carbons (Fsp3) is 0.412. The van der Waals surface area contributed by atoms with Gasteiger partial charge in [-0.25, -0.2) is 0 Å². The fourth-order valence-corrected chi connectivity index (χ4v) is 2.35. The zero-order valence-electron chi connectivity index (χ0n) is 11.8. The van der Waals surface area contributed by atoms with Gasteiger partial charge in [-0.05, 0) is 43.9 Å². The van der Waals surface area contributed by atoms with Crippen LogP contribution in [0.1, 0.15) is 44.1 Å². The second kappa shape index (κ2) is 7.15. The third-order valence-electron chi connectivity index (χ3n) is 3.49. The molecule has 19 heavy (non-hydrogen) atoms. The van der Waals surface area contributed by atoms with Gasteiger partial charge in [-0.15, -0.1) is 0 Å².